The molecule has 1 aliphatic heterocycles. The van der Waals surface area contributed by atoms with Gasteiger partial charge in [-0.3, -0.25) is 4.99 Å². The van der Waals surface area contributed by atoms with Crippen molar-refractivity contribution in [3.8, 4) is 11.5 Å². The molecule has 3 heterocycles. The molecule has 0 saturated heterocycles. The summed E-state index contributed by atoms with van der Waals surface area (Å²) in [6.07, 6.45) is 4.57. The van der Waals surface area contributed by atoms with Gasteiger partial charge in [-0.2, -0.15) is 4.98 Å². The zero-order valence-corrected chi connectivity index (χ0v) is 11.4. The molecule has 4 rings (SSSR count). The Kier molecular flexibility index (Phi) is 2.64. The zero-order valence-electron chi connectivity index (χ0n) is 11.4. The van der Waals surface area contributed by atoms with Gasteiger partial charge in [-0.05, 0) is 31.2 Å². The van der Waals surface area contributed by atoms with Crippen LogP contribution in [0.15, 0.2) is 45.9 Å². The van der Waals surface area contributed by atoms with Crippen LogP contribution in [0.1, 0.15) is 17.9 Å². The number of rotatable bonds is 2. The summed E-state index contributed by atoms with van der Waals surface area (Å²) >= 11 is 0. The quantitative estimate of drug-likeness (QED) is 0.719. The van der Waals surface area contributed by atoms with E-state index in [9.17, 15) is 0 Å². The lowest BCUT2D eigenvalue weighted by Gasteiger charge is -2.00. The third-order valence-corrected chi connectivity index (χ3v) is 3.37. The molecule has 5 heteroatoms. The monoisotopic (exact) mass is 276 g/mol. The molecule has 3 aromatic rings. The standard InChI is InChI=1S/C16H12N4O/c1-10-4-6-12-11(9-10)5-7-13(18-12)15-19-16(21-20-15)14-3-2-8-17-14/h3-9H,2H2,1H3. The topological polar surface area (TPSA) is 64.2 Å². The van der Waals surface area contributed by atoms with E-state index in [1.54, 1.807) is 0 Å². The van der Waals surface area contributed by atoms with E-state index in [4.69, 9.17) is 4.52 Å². The van der Waals surface area contributed by atoms with E-state index < -0.39 is 0 Å². The van der Waals surface area contributed by atoms with Crippen LogP contribution in [0.4, 0.5) is 0 Å². The second kappa shape index (κ2) is 4.63. The summed E-state index contributed by atoms with van der Waals surface area (Å²) in [4.78, 5) is 13.1. The highest BCUT2D eigenvalue weighted by Crippen LogP contribution is 2.23. The van der Waals surface area contributed by atoms with E-state index in [2.05, 4.69) is 33.1 Å². The highest BCUT2D eigenvalue weighted by Gasteiger charge is 2.14. The maximum atomic E-state index is 5.25. The van der Waals surface area contributed by atoms with Crippen molar-refractivity contribution in [2.24, 2.45) is 4.99 Å². The molecule has 0 radical (unpaired) electrons. The molecule has 0 N–H and O–H groups in total. The Hall–Kier alpha value is -2.82. The maximum absolute atomic E-state index is 5.25. The lowest BCUT2D eigenvalue weighted by Crippen LogP contribution is -1.88. The summed E-state index contributed by atoms with van der Waals surface area (Å²) in [7, 11) is 0. The Bertz CT molecular complexity index is 892. The van der Waals surface area contributed by atoms with Crippen molar-refractivity contribution >= 4 is 22.8 Å². The molecule has 0 bridgehead atoms. The second-order valence-electron chi connectivity index (χ2n) is 4.95. The minimum Gasteiger partial charge on any atom is -0.332 e. The molecule has 21 heavy (non-hydrogen) atoms. The first-order valence-electron chi connectivity index (χ1n) is 6.74. The van der Waals surface area contributed by atoms with Gasteiger partial charge in [0.2, 0.25) is 5.82 Å². The van der Waals surface area contributed by atoms with Crippen LogP contribution in [0.5, 0.6) is 0 Å². The summed E-state index contributed by atoms with van der Waals surface area (Å²) in [5.41, 5.74) is 3.56. The van der Waals surface area contributed by atoms with E-state index >= 15 is 0 Å². The second-order valence-corrected chi connectivity index (χ2v) is 4.95. The highest BCUT2D eigenvalue weighted by molar-refractivity contribution is 5.82. The van der Waals surface area contributed by atoms with Crippen molar-refractivity contribution in [3.63, 3.8) is 0 Å². The van der Waals surface area contributed by atoms with Gasteiger partial charge in [-0.1, -0.05) is 22.9 Å². The smallest absolute Gasteiger partial charge is 0.276 e. The van der Waals surface area contributed by atoms with Crippen molar-refractivity contribution < 1.29 is 4.52 Å². The lowest BCUT2D eigenvalue weighted by atomic mass is 10.1. The third-order valence-electron chi connectivity index (χ3n) is 3.37. The summed E-state index contributed by atoms with van der Waals surface area (Å²) in [6, 6.07) is 10.1. The van der Waals surface area contributed by atoms with E-state index in [1.165, 1.54) is 5.56 Å². The van der Waals surface area contributed by atoms with Gasteiger partial charge >= 0.3 is 0 Å². The van der Waals surface area contributed by atoms with Crippen molar-refractivity contribution in [1.29, 1.82) is 0 Å². The fourth-order valence-electron chi connectivity index (χ4n) is 2.31. The molecule has 0 aliphatic carbocycles. The average Bonchev–Trinajstić information content (AvgIpc) is 3.17. The van der Waals surface area contributed by atoms with Crippen LogP contribution < -0.4 is 0 Å². The molecular formula is C16H12N4O. The number of pyridine rings is 1. The van der Waals surface area contributed by atoms with E-state index in [-0.39, 0.29) is 0 Å². The Labute approximate surface area is 121 Å². The summed E-state index contributed by atoms with van der Waals surface area (Å²) < 4.78 is 5.25. The Morgan fingerprint density at radius 3 is 2.90 bits per heavy atom. The fourth-order valence-corrected chi connectivity index (χ4v) is 2.31. The Balaban J connectivity index is 1.76. The van der Waals surface area contributed by atoms with Gasteiger partial charge in [-0.25, -0.2) is 4.98 Å². The summed E-state index contributed by atoms with van der Waals surface area (Å²) in [5, 5.41) is 5.09. The number of fused-ring (bicyclic) bond motifs is 1. The number of nitrogens with zero attached hydrogens (tertiary/aromatic N) is 4. The van der Waals surface area contributed by atoms with Gasteiger partial charge in [0.15, 0.2) is 0 Å². The first-order valence-corrected chi connectivity index (χ1v) is 6.74. The SMILES string of the molecule is Cc1ccc2nc(-c3noc(C4=CCC=N4)n3)ccc2c1. The molecule has 1 aliphatic rings. The molecular weight excluding hydrogens is 264 g/mol. The van der Waals surface area contributed by atoms with Crippen LogP contribution in [0.2, 0.25) is 0 Å². The number of hydrogen-bond donors (Lipinski definition) is 0. The predicted octanol–water partition coefficient (Wildman–Crippen LogP) is 3.41. The van der Waals surface area contributed by atoms with Crippen molar-refractivity contribution in [2.45, 2.75) is 13.3 Å². The first-order chi connectivity index (χ1) is 10.3. The predicted molar refractivity (Wildman–Crippen MR) is 80.9 cm³/mol. The summed E-state index contributed by atoms with van der Waals surface area (Å²) in [6.45, 7) is 2.06. The number of aryl methyl sites for hydroxylation is 1. The number of allylic oxidation sites excluding steroid dienone is 1. The average molecular weight is 276 g/mol. The normalized spacial score (nSPS) is 13.9. The van der Waals surface area contributed by atoms with Crippen LogP contribution in [0.25, 0.3) is 28.1 Å². The molecule has 102 valence electrons. The molecule has 0 unspecified atom stereocenters. The van der Waals surface area contributed by atoms with Crippen molar-refractivity contribution in [3.05, 3.63) is 47.9 Å². The highest BCUT2D eigenvalue weighted by atomic mass is 16.5. The zero-order chi connectivity index (χ0) is 14.2. The van der Waals surface area contributed by atoms with Crippen LogP contribution in [-0.2, 0) is 0 Å². The molecule has 0 atom stereocenters. The van der Waals surface area contributed by atoms with Gasteiger partial charge in [-0.15, -0.1) is 0 Å². The largest absolute Gasteiger partial charge is 0.332 e. The lowest BCUT2D eigenvalue weighted by molar-refractivity contribution is 0.408. The van der Waals surface area contributed by atoms with Crippen LogP contribution in [0.3, 0.4) is 0 Å². The number of aromatic nitrogens is 3. The fraction of sp³-hybridized carbons (Fsp3) is 0.125. The van der Waals surface area contributed by atoms with Crippen molar-refractivity contribution in [2.75, 3.05) is 0 Å². The minimum absolute atomic E-state index is 0.435. The Morgan fingerprint density at radius 2 is 2.05 bits per heavy atom. The van der Waals surface area contributed by atoms with Crippen LogP contribution in [0, 0.1) is 6.92 Å². The van der Waals surface area contributed by atoms with Gasteiger partial charge < -0.3 is 4.52 Å². The molecule has 5 nitrogen and oxygen atoms in total. The van der Waals surface area contributed by atoms with E-state index in [0.717, 1.165) is 23.0 Å². The third kappa shape index (κ3) is 2.12. The number of aliphatic imine (C=N–C) groups is 1. The maximum Gasteiger partial charge on any atom is 0.276 e. The van der Waals surface area contributed by atoms with E-state index in [1.807, 2.05) is 36.6 Å². The molecule has 0 amide bonds. The van der Waals surface area contributed by atoms with Crippen LogP contribution in [-0.4, -0.2) is 21.3 Å². The van der Waals surface area contributed by atoms with E-state index in [0.29, 0.717) is 17.4 Å². The van der Waals surface area contributed by atoms with Gasteiger partial charge in [0.1, 0.15) is 11.4 Å². The molecule has 2 aromatic heterocycles. The molecule has 0 fully saturated rings. The number of benzene rings is 1. The van der Waals surface area contributed by atoms with Gasteiger partial charge in [0.25, 0.3) is 5.89 Å². The molecule has 1 aromatic carbocycles. The number of hydrogen-bond acceptors (Lipinski definition) is 5. The van der Waals surface area contributed by atoms with Crippen molar-refractivity contribution in [1.82, 2.24) is 15.1 Å². The van der Waals surface area contributed by atoms with Gasteiger partial charge in [0, 0.05) is 18.0 Å². The molecule has 0 spiro atoms. The minimum atomic E-state index is 0.435. The van der Waals surface area contributed by atoms with Crippen LogP contribution >= 0.6 is 0 Å². The Morgan fingerprint density at radius 1 is 1.10 bits per heavy atom. The summed E-state index contributed by atoms with van der Waals surface area (Å²) in [5.74, 6) is 0.917. The molecule has 0 saturated carbocycles. The first kappa shape index (κ1) is 12.0. The van der Waals surface area contributed by atoms with Gasteiger partial charge in [0.05, 0.1) is 5.52 Å².